The van der Waals surface area contributed by atoms with Gasteiger partial charge in [0.05, 0.1) is 17.2 Å². The highest BCUT2D eigenvalue weighted by Gasteiger charge is 2.37. The number of ketones is 1. The average Bonchev–Trinajstić information content (AvgIpc) is 2.14. The molecule has 0 aliphatic carbocycles. The molecule has 0 spiro atoms. The van der Waals surface area contributed by atoms with Crippen molar-refractivity contribution in [2.45, 2.75) is 20.0 Å². The van der Waals surface area contributed by atoms with Crippen LogP contribution >= 0.6 is 0 Å². The van der Waals surface area contributed by atoms with Crippen LogP contribution in [-0.4, -0.2) is 5.78 Å². The van der Waals surface area contributed by atoms with Gasteiger partial charge in [0, 0.05) is 5.56 Å². The van der Waals surface area contributed by atoms with Gasteiger partial charge in [-0.1, -0.05) is 0 Å². The van der Waals surface area contributed by atoms with Crippen molar-refractivity contribution < 1.29 is 18.0 Å². The van der Waals surface area contributed by atoms with Crippen LogP contribution in [0.4, 0.5) is 13.2 Å². The molecule has 0 bridgehead atoms. The SMILES string of the molecule is CC(=O)c1ccc(C#N)c(C)c1C(F)(F)F. The Kier molecular flexibility index (Phi) is 3.04. The maximum Gasteiger partial charge on any atom is 0.417 e. The Morgan fingerprint density at radius 2 is 1.94 bits per heavy atom. The summed E-state index contributed by atoms with van der Waals surface area (Å²) in [4.78, 5) is 11.1. The molecule has 0 heterocycles. The molecule has 84 valence electrons. The first kappa shape index (κ1) is 12.2. The largest absolute Gasteiger partial charge is 0.417 e. The lowest BCUT2D eigenvalue weighted by Gasteiger charge is -2.14. The topological polar surface area (TPSA) is 40.9 Å². The second-order valence-electron chi connectivity index (χ2n) is 3.33. The Morgan fingerprint density at radius 3 is 2.31 bits per heavy atom. The zero-order valence-electron chi connectivity index (χ0n) is 8.64. The third-order valence-electron chi connectivity index (χ3n) is 2.25. The molecule has 5 heteroatoms. The molecule has 0 unspecified atom stereocenters. The fourth-order valence-corrected chi connectivity index (χ4v) is 1.49. The smallest absolute Gasteiger partial charge is 0.294 e. The van der Waals surface area contributed by atoms with Crippen molar-refractivity contribution in [1.29, 1.82) is 5.26 Å². The fourth-order valence-electron chi connectivity index (χ4n) is 1.49. The van der Waals surface area contributed by atoms with Crippen LogP contribution in [0.25, 0.3) is 0 Å². The Morgan fingerprint density at radius 1 is 1.38 bits per heavy atom. The van der Waals surface area contributed by atoms with E-state index in [0.29, 0.717) is 0 Å². The minimum atomic E-state index is -4.63. The van der Waals surface area contributed by atoms with E-state index in [0.717, 1.165) is 13.0 Å². The van der Waals surface area contributed by atoms with Crippen molar-refractivity contribution >= 4 is 5.78 Å². The van der Waals surface area contributed by atoms with Gasteiger partial charge >= 0.3 is 6.18 Å². The lowest BCUT2D eigenvalue weighted by molar-refractivity contribution is -0.138. The van der Waals surface area contributed by atoms with Gasteiger partial charge in [0.2, 0.25) is 0 Å². The van der Waals surface area contributed by atoms with Crippen LogP contribution in [0.1, 0.15) is 34.0 Å². The second kappa shape index (κ2) is 3.97. The van der Waals surface area contributed by atoms with E-state index in [9.17, 15) is 18.0 Å². The number of benzene rings is 1. The molecule has 0 aliphatic rings. The lowest BCUT2D eigenvalue weighted by Crippen LogP contribution is -2.14. The third-order valence-corrected chi connectivity index (χ3v) is 2.25. The van der Waals surface area contributed by atoms with Crippen molar-refractivity contribution in [1.82, 2.24) is 0 Å². The zero-order valence-corrected chi connectivity index (χ0v) is 8.64. The summed E-state index contributed by atoms with van der Waals surface area (Å²) in [5.74, 6) is -0.667. The van der Waals surface area contributed by atoms with Gasteiger partial charge in [0.25, 0.3) is 0 Å². The van der Waals surface area contributed by atoms with Gasteiger partial charge in [-0.2, -0.15) is 18.4 Å². The second-order valence-corrected chi connectivity index (χ2v) is 3.33. The lowest BCUT2D eigenvalue weighted by atomic mass is 9.95. The van der Waals surface area contributed by atoms with Crippen LogP contribution in [0, 0.1) is 18.3 Å². The summed E-state index contributed by atoms with van der Waals surface area (Å²) in [6.07, 6.45) is -4.63. The van der Waals surface area contributed by atoms with E-state index in [1.165, 1.54) is 13.0 Å². The summed E-state index contributed by atoms with van der Waals surface area (Å²) < 4.78 is 38.2. The van der Waals surface area contributed by atoms with Crippen molar-refractivity contribution in [2.75, 3.05) is 0 Å². The van der Waals surface area contributed by atoms with Gasteiger partial charge < -0.3 is 0 Å². The monoisotopic (exact) mass is 227 g/mol. The Bertz CT molecular complexity index is 483. The molecule has 2 nitrogen and oxygen atoms in total. The first-order chi connectivity index (χ1) is 7.29. The highest BCUT2D eigenvalue weighted by Crippen LogP contribution is 2.35. The first-order valence-corrected chi connectivity index (χ1v) is 4.41. The fraction of sp³-hybridized carbons (Fsp3) is 0.273. The number of nitriles is 1. The minimum absolute atomic E-state index is 0.0719. The van der Waals surface area contributed by atoms with Crippen LogP contribution in [0.2, 0.25) is 0 Å². The molecule has 0 atom stereocenters. The van der Waals surface area contributed by atoms with Crippen LogP contribution in [-0.2, 0) is 6.18 Å². The Hall–Kier alpha value is -1.83. The molecule has 0 amide bonds. The molecule has 0 aliphatic heterocycles. The highest BCUT2D eigenvalue weighted by atomic mass is 19.4. The normalized spacial score (nSPS) is 11.0. The van der Waals surface area contributed by atoms with E-state index in [1.54, 1.807) is 6.07 Å². The summed E-state index contributed by atoms with van der Waals surface area (Å²) in [7, 11) is 0. The highest BCUT2D eigenvalue weighted by molar-refractivity contribution is 5.96. The van der Waals surface area contributed by atoms with Gasteiger partial charge in [-0.25, -0.2) is 0 Å². The van der Waals surface area contributed by atoms with E-state index in [4.69, 9.17) is 5.26 Å². The van der Waals surface area contributed by atoms with Gasteiger partial charge in [-0.3, -0.25) is 4.79 Å². The average molecular weight is 227 g/mol. The van der Waals surface area contributed by atoms with Crippen molar-refractivity contribution in [3.05, 3.63) is 34.4 Å². The van der Waals surface area contributed by atoms with Gasteiger partial charge in [-0.15, -0.1) is 0 Å². The molecular formula is C11H8F3NO. The molecule has 1 rings (SSSR count). The minimum Gasteiger partial charge on any atom is -0.294 e. The molecule has 0 aromatic heterocycles. The van der Waals surface area contributed by atoms with Crippen molar-refractivity contribution in [2.24, 2.45) is 0 Å². The number of carbonyl (C=O) groups is 1. The van der Waals surface area contributed by atoms with E-state index in [1.807, 2.05) is 0 Å². The summed E-state index contributed by atoms with van der Waals surface area (Å²) in [5, 5.41) is 8.64. The Balaban J connectivity index is 3.64. The Labute approximate surface area is 90.3 Å². The summed E-state index contributed by atoms with van der Waals surface area (Å²) >= 11 is 0. The molecule has 0 saturated carbocycles. The molecule has 1 aromatic carbocycles. The number of rotatable bonds is 1. The van der Waals surface area contributed by atoms with Crippen LogP contribution in [0.15, 0.2) is 12.1 Å². The summed E-state index contributed by atoms with van der Waals surface area (Å²) in [5.41, 5.74) is -1.69. The van der Waals surface area contributed by atoms with Gasteiger partial charge in [0.1, 0.15) is 0 Å². The van der Waals surface area contributed by atoms with Crippen molar-refractivity contribution in [3.8, 4) is 6.07 Å². The molecule has 0 saturated heterocycles. The number of hydrogen-bond acceptors (Lipinski definition) is 2. The zero-order chi connectivity index (χ0) is 12.5. The van der Waals surface area contributed by atoms with Crippen molar-refractivity contribution in [3.63, 3.8) is 0 Å². The molecule has 16 heavy (non-hydrogen) atoms. The molecule has 0 radical (unpaired) electrons. The van der Waals surface area contributed by atoms with Crippen LogP contribution in [0.3, 0.4) is 0 Å². The van der Waals surface area contributed by atoms with E-state index in [-0.39, 0.29) is 11.1 Å². The number of nitrogens with zero attached hydrogens (tertiary/aromatic N) is 1. The third kappa shape index (κ3) is 2.06. The predicted octanol–water partition coefficient (Wildman–Crippen LogP) is 3.09. The maximum atomic E-state index is 12.7. The van der Waals surface area contributed by atoms with Crippen LogP contribution < -0.4 is 0 Å². The van der Waals surface area contributed by atoms with Crippen LogP contribution in [0.5, 0.6) is 0 Å². The standard InChI is InChI=1S/C11H8F3NO/c1-6-8(5-15)3-4-9(7(2)16)10(6)11(12,13)14/h3-4H,1-2H3. The molecule has 0 fully saturated rings. The molecular weight excluding hydrogens is 219 g/mol. The molecule has 1 aromatic rings. The van der Waals surface area contributed by atoms with E-state index >= 15 is 0 Å². The first-order valence-electron chi connectivity index (χ1n) is 4.41. The van der Waals surface area contributed by atoms with E-state index in [2.05, 4.69) is 0 Å². The number of Topliss-reactive ketones (excluding diaryl/α,β-unsaturated/α-hetero) is 1. The number of hydrogen-bond donors (Lipinski definition) is 0. The summed E-state index contributed by atoms with van der Waals surface area (Å²) in [6, 6.07) is 3.92. The quantitative estimate of drug-likeness (QED) is 0.691. The van der Waals surface area contributed by atoms with Gasteiger partial charge in [-0.05, 0) is 31.5 Å². The molecule has 0 N–H and O–H groups in total. The van der Waals surface area contributed by atoms with E-state index < -0.39 is 23.1 Å². The number of halogens is 3. The number of carbonyl (C=O) groups excluding carboxylic acids is 1. The predicted molar refractivity (Wildman–Crippen MR) is 50.9 cm³/mol. The maximum absolute atomic E-state index is 12.7. The number of alkyl halides is 3. The summed E-state index contributed by atoms with van der Waals surface area (Å²) in [6.45, 7) is 2.25. The van der Waals surface area contributed by atoms with Gasteiger partial charge in [0.15, 0.2) is 5.78 Å².